The second-order valence-electron chi connectivity index (χ2n) is 3.21. The molecule has 0 amide bonds. The van der Waals surface area contributed by atoms with Crippen LogP contribution in [0.25, 0.3) is 0 Å². The van der Waals surface area contributed by atoms with Gasteiger partial charge in [-0.15, -0.1) is 13.2 Å². The minimum absolute atomic E-state index is 0.0423. The molecule has 0 atom stereocenters. The van der Waals surface area contributed by atoms with E-state index >= 15 is 0 Å². The Bertz CT molecular complexity index is 471. The zero-order valence-corrected chi connectivity index (χ0v) is 8.56. The van der Waals surface area contributed by atoms with E-state index in [1.165, 1.54) is 0 Å². The molecule has 1 aromatic carbocycles. The largest absolute Gasteiger partial charge is 0.573 e. The second kappa shape index (κ2) is 4.76. The molecule has 0 heterocycles. The highest BCUT2D eigenvalue weighted by Crippen LogP contribution is 2.38. The van der Waals surface area contributed by atoms with Gasteiger partial charge in [-0.2, -0.15) is 18.4 Å². The predicted octanol–water partition coefficient (Wildman–Crippen LogP) is 3.67. The Morgan fingerprint density at radius 2 is 1.72 bits per heavy atom. The Morgan fingerprint density at radius 1 is 1.11 bits per heavy atom. The van der Waals surface area contributed by atoms with Crippen molar-refractivity contribution < 1.29 is 31.1 Å². The summed E-state index contributed by atoms with van der Waals surface area (Å²) in [7, 11) is 0. The van der Waals surface area contributed by atoms with Crippen LogP contribution in [0, 0.1) is 11.3 Å². The number of halogens is 6. The number of alkyl halides is 6. The van der Waals surface area contributed by atoms with Gasteiger partial charge in [0.05, 0.1) is 18.1 Å². The minimum atomic E-state index is -5.21. The van der Waals surface area contributed by atoms with Crippen LogP contribution in [0.3, 0.4) is 0 Å². The van der Waals surface area contributed by atoms with Crippen molar-refractivity contribution in [2.45, 2.75) is 19.0 Å². The fraction of sp³-hybridized carbons (Fsp3) is 0.300. The van der Waals surface area contributed by atoms with Crippen molar-refractivity contribution in [1.29, 1.82) is 5.26 Å². The highest BCUT2D eigenvalue weighted by atomic mass is 19.4. The average molecular weight is 269 g/mol. The van der Waals surface area contributed by atoms with Gasteiger partial charge in [-0.25, -0.2) is 0 Å². The van der Waals surface area contributed by atoms with Gasteiger partial charge in [0.2, 0.25) is 0 Å². The van der Waals surface area contributed by atoms with E-state index in [2.05, 4.69) is 4.74 Å². The lowest BCUT2D eigenvalue weighted by molar-refractivity contribution is -0.276. The van der Waals surface area contributed by atoms with Crippen molar-refractivity contribution in [3.05, 3.63) is 29.3 Å². The van der Waals surface area contributed by atoms with Gasteiger partial charge in [0, 0.05) is 0 Å². The molecule has 0 aliphatic carbocycles. The summed E-state index contributed by atoms with van der Waals surface area (Å²) in [5, 5.41) is 8.33. The molecule has 2 nitrogen and oxygen atoms in total. The molecule has 8 heteroatoms. The maximum absolute atomic E-state index is 12.5. The van der Waals surface area contributed by atoms with Crippen molar-refractivity contribution in [1.82, 2.24) is 0 Å². The summed E-state index contributed by atoms with van der Waals surface area (Å²) in [6.07, 6.45) is -10.5. The van der Waals surface area contributed by atoms with Crippen molar-refractivity contribution >= 4 is 0 Å². The van der Waals surface area contributed by atoms with Crippen molar-refractivity contribution in [2.24, 2.45) is 0 Å². The van der Waals surface area contributed by atoms with Crippen LogP contribution >= 0.6 is 0 Å². The van der Waals surface area contributed by atoms with Crippen LogP contribution in [0.1, 0.15) is 11.1 Å². The fourth-order valence-electron chi connectivity index (χ4n) is 1.21. The molecule has 1 rings (SSSR count). The summed E-state index contributed by atoms with van der Waals surface area (Å²) >= 11 is 0. The molecule has 0 spiro atoms. The molecular weight excluding hydrogens is 264 g/mol. The van der Waals surface area contributed by atoms with Crippen LogP contribution in [0.5, 0.6) is 5.75 Å². The predicted molar refractivity (Wildman–Crippen MR) is 47.4 cm³/mol. The Balaban J connectivity index is 3.22. The van der Waals surface area contributed by atoms with Crippen molar-refractivity contribution in [2.75, 3.05) is 0 Å². The van der Waals surface area contributed by atoms with Gasteiger partial charge < -0.3 is 4.74 Å². The third kappa shape index (κ3) is 3.84. The Kier molecular flexibility index (Phi) is 3.74. The number of nitrogens with zero attached hydrogens (tertiary/aromatic N) is 1. The molecule has 0 bridgehead atoms. The second-order valence-corrected chi connectivity index (χ2v) is 3.21. The topological polar surface area (TPSA) is 33.0 Å². The zero-order chi connectivity index (χ0) is 14.0. The van der Waals surface area contributed by atoms with E-state index in [1.807, 2.05) is 0 Å². The average Bonchev–Trinajstić information content (AvgIpc) is 2.17. The van der Waals surface area contributed by atoms with Gasteiger partial charge in [-0.1, -0.05) is 6.07 Å². The Morgan fingerprint density at radius 3 is 2.17 bits per heavy atom. The third-order valence-electron chi connectivity index (χ3n) is 1.86. The molecule has 0 N–H and O–H groups in total. The number of hydrogen-bond acceptors (Lipinski definition) is 2. The van der Waals surface area contributed by atoms with Crippen LogP contribution in [0.15, 0.2) is 18.2 Å². The summed E-state index contributed by atoms with van der Waals surface area (Å²) in [5.41, 5.74) is -1.60. The molecule has 98 valence electrons. The molecule has 0 aliphatic rings. The van der Waals surface area contributed by atoms with E-state index in [-0.39, 0.29) is 12.0 Å². The summed E-state index contributed by atoms with van der Waals surface area (Å²) < 4.78 is 76.6. The van der Waals surface area contributed by atoms with E-state index in [9.17, 15) is 26.3 Å². The summed E-state index contributed by atoms with van der Waals surface area (Å²) in [5.74, 6) is -1.34. The summed E-state index contributed by atoms with van der Waals surface area (Å²) in [6.45, 7) is 0. The first-order valence-corrected chi connectivity index (χ1v) is 4.46. The Labute approximate surface area is 97.4 Å². The third-order valence-corrected chi connectivity index (χ3v) is 1.86. The minimum Gasteiger partial charge on any atom is -0.405 e. The monoisotopic (exact) mass is 269 g/mol. The van der Waals surface area contributed by atoms with Crippen LogP contribution in [0.4, 0.5) is 26.3 Å². The molecule has 0 aromatic heterocycles. The van der Waals surface area contributed by atoms with E-state index in [0.29, 0.717) is 12.1 Å². The highest BCUT2D eigenvalue weighted by Gasteiger charge is 2.39. The first-order chi connectivity index (χ1) is 8.13. The first kappa shape index (κ1) is 14.2. The summed E-state index contributed by atoms with van der Waals surface area (Å²) in [6, 6.07) is 3.58. The molecule has 0 radical (unpaired) electrons. The fourth-order valence-corrected chi connectivity index (χ4v) is 1.21. The molecular formula is C10H5F6NO. The van der Waals surface area contributed by atoms with E-state index in [1.54, 1.807) is 6.07 Å². The molecule has 0 unspecified atom stereocenters. The lowest BCUT2D eigenvalue weighted by Crippen LogP contribution is -2.20. The molecule has 18 heavy (non-hydrogen) atoms. The SMILES string of the molecule is N#CCc1ccc(OC(F)(F)F)c(C(F)(F)F)c1. The highest BCUT2D eigenvalue weighted by molar-refractivity contribution is 5.40. The Hall–Kier alpha value is -1.91. The normalized spacial score (nSPS) is 12.1. The smallest absolute Gasteiger partial charge is 0.405 e. The quantitative estimate of drug-likeness (QED) is 0.767. The molecule has 1 aromatic rings. The van der Waals surface area contributed by atoms with Gasteiger partial charge in [0.25, 0.3) is 0 Å². The number of rotatable bonds is 2. The lowest BCUT2D eigenvalue weighted by atomic mass is 10.1. The van der Waals surface area contributed by atoms with Crippen LogP contribution in [0.2, 0.25) is 0 Å². The van der Waals surface area contributed by atoms with Gasteiger partial charge >= 0.3 is 12.5 Å². The van der Waals surface area contributed by atoms with Crippen molar-refractivity contribution in [3.63, 3.8) is 0 Å². The van der Waals surface area contributed by atoms with E-state index in [0.717, 1.165) is 6.07 Å². The van der Waals surface area contributed by atoms with Crippen LogP contribution in [-0.4, -0.2) is 6.36 Å². The number of hydrogen-bond donors (Lipinski definition) is 0. The molecule has 0 aliphatic heterocycles. The van der Waals surface area contributed by atoms with Crippen LogP contribution in [-0.2, 0) is 12.6 Å². The number of benzene rings is 1. The molecule has 0 saturated carbocycles. The maximum atomic E-state index is 12.5. The van der Waals surface area contributed by atoms with E-state index < -0.39 is 23.9 Å². The van der Waals surface area contributed by atoms with Crippen LogP contribution < -0.4 is 4.74 Å². The maximum Gasteiger partial charge on any atom is 0.573 e. The number of nitriles is 1. The van der Waals surface area contributed by atoms with Gasteiger partial charge in [0.15, 0.2) is 0 Å². The summed E-state index contributed by atoms with van der Waals surface area (Å²) in [4.78, 5) is 0. The van der Waals surface area contributed by atoms with Gasteiger partial charge in [-0.05, 0) is 17.7 Å². The first-order valence-electron chi connectivity index (χ1n) is 4.46. The molecule has 0 saturated heterocycles. The van der Waals surface area contributed by atoms with Gasteiger partial charge in [-0.3, -0.25) is 0 Å². The van der Waals surface area contributed by atoms with Crippen molar-refractivity contribution in [3.8, 4) is 11.8 Å². The lowest BCUT2D eigenvalue weighted by Gasteiger charge is -2.15. The number of ether oxygens (including phenoxy) is 1. The standard InChI is InChI=1S/C10H5F6NO/c11-9(12,13)7-5-6(3-4-17)1-2-8(7)18-10(14,15)16/h1-2,5H,3H2. The zero-order valence-electron chi connectivity index (χ0n) is 8.56. The van der Waals surface area contributed by atoms with Gasteiger partial charge in [0.1, 0.15) is 5.75 Å². The van der Waals surface area contributed by atoms with E-state index in [4.69, 9.17) is 5.26 Å². The molecule has 0 fully saturated rings.